The molecule has 1 saturated heterocycles. The fraction of sp³-hybridized carbons (Fsp3) is 1.00. The summed E-state index contributed by atoms with van der Waals surface area (Å²) >= 11 is 0. The predicted octanol–water partition coefficient (Wildman–Crippen LogP) is 4.45. The van der Waals surface area contributed by atoms with Gasteiger partial charge in [0.2, 0.25) is 0 Å². The molecule has 0 aromatic heterocycles. The molecule has 1 fully saturated rings. The van der Waals surface area contributed by atoms with Crippen LogP contribution in [0.1, 0.15) is 78.1 Å². The molecular weight excluding hydrogens is 244 g/mol. The van der Waals surface area contributed by atoms with Gasteiger partial charge in [-0.05, 0) is 57.9 Å². The van der Waals surface area contributed by atoms with Crippen LogP contribution in [0.25, 0.3) is 0 Å². The van der Waals surface area contributed by atoms with Crippen LogP contribution in [0.5, 0.6) is 0 Å². The maximum Gasteiger partial charge on any atom is -0.00156 e. The Morgan fingerprint density at radius 1 is 0.850 bits per heavy atom. The van der Waals surface area contributed by atoms with E-state index in [4.69, 9.17) is 0 Å². The second-order valence-electron chi connectivity index (χ2n) is 6.57. The first-order valence-corrected chi connectivity index (χ1v) is 9.29. The van der Waals surface area contributed by atoms with Crippen LogP contribution in [0.15, 0.2) is 0 Å². The minimum Gasteiger partial charge on any atom is -0.317 e. The predicted molar refractivity (Wildman–Crippen MR) is 90.3 cm³/mol. The molecule has 1 heterocycles. The molecule has 1 rings (SSSR count). The molecule has 1 aliphatic heterocycles. The third-order valence-corrected chi connectivity index (χ3v) is 4.72. The highest BCUT2D eigenvalue weighted by Crippen LogP contribution is 2.17. The van der Waals surface area contributed by atoms with Crippen LogP contribution in [-0.4, -0.2) is 37.6 Å². The summed E-state index contributed by atoms with van der Waals surface area (Å²) < 4.78 is 0. The van der Waals surface area contributed by atoms with E-state index in [1.54, 1.807) is 0 Å². The molecule has 0 unspecified atom stereocenters. The van der Waals surface area contributed by atoms with E-state index in [2.05, 4.69) is 24.1 Å². The van der Waals surface area contributed by atoms with Crippen molar-refractivity contribution in [2.75, 3.05) is 32.7 Å². The van der Waals surface area contributed by atoms with Crippen molar-refractivity contribution in [1.82, 2.24) is 10.2 Å². The lowest BCUT2D eigenvalue weighted by Crippen LogP contribution is -2.37. The summed E-state index contributed by atoms with van der Waals surface area (Å²) in [7, 11) is 0. The van der Waals surface area contributed by atoms with Crippen LogP contribution in [0.2, 0.25) is 0 Å². The van der Waals surface area contributed by atoms with Gasteiger partial charge in [0, 0.05) is 0 Å². The zero-order chi connectivity index (χ0) is 14.5. The molecule has 0 radical (unpaired) electrons. The number of rotatable bonds is 12. The van der Waals surface area contributed by atoms with Gasteiger partial charge in [-0.15, -0.1) is 0 Å². The Morgan fingerprint density at radius 2 is 1.45 bits per heavy atom. The smallest absolute Gasteiger partial charge is 0.00156 e. The Morgan fingerprint density at radius 3 is 2.05 bits per heavy atom. The second kappa shape index (κ2) is 12.6. The average Bonchev–Trinajstić information content (AvgIpc) is 2.49. The summed E-state index contributed by atoms with van der Waals surface area (Å²) in [6.07, 6.45) is 14.3. The second-order valence-corrected chi connectivity index (χ2v) is 6.57. The standard InChI is InChI=1S/C18H38N2/c1-3-5-6-7-8-9-10-11-14-20-15-12-18(13-16-20)17-19-4-2/h18-19H,3-17H2,1-2H3. The molecular formula is C18H38N2. The third-order valence-electron chi connectivity index (χ3n) is 4.72. The van der Waals surface area contributed by atoms with Gasteiger partial charge in [0.15, 0.2) is 0 Å². The van der Waals surface area contributed by atoms with Gasteiger partial charge in [0.25, 0.3) is 0 Å². The van der Waals surface area contributed by atoms with Crippen molar-refractivity contribution in [2.45, 2.75) is 78.1 Å². The lowest BCUT2D eigenvalue weighted by Gasteiger charge is -2.32. The van der Waals surface area contributed by atoms with Crippen LogP contribution < -0.4 is 5.32 Å². The van der Waals surface area contributed by atoms with Crippen LogP contribution in [0, 0.1) is 5.92 Å². The van der Waals surface area contributed by atoms with Crippen LogP contribution >= 0.6 is 0 Å². The van der Waals surface area contributed by atoms with E-state index < -0.39 is 0 Å². The fourth-order valence-corrected chi connectivity index (χ4v) is 3.23. The first kappa shape index (κ1) is 18.0. The molecule has 0 aromatic carbocycles. The van der Waals surface area contributed by atoms with Crippen molar-refractivity contribution >= 4 is 0 Å². The Labute approximate surface area is 127 Å². The van der Waals surface area contributed by atoms with E-state index in [1.807, 2.05) is 0 Å². The lowest BCUT2D eigenvalue weighted by molar-refractivity contribution is 0.179. The maximum atomic E-state index is 3.50. The van der Waals surface area contributed by atoms with Gasteiger partial charge in [-0.25, -0.2) is 0 Å². The van der Waals surface area contributed by atoms with Crippen molar-refractivity contribution in [1.29, 1.82) is 0 Å². The zero-order valence-corrected chi connectivity index (χ0v) is 14.1. The van der Waals surface area contributed by atoms with Crippen LogP contribution in [0.4, 0.5) is 0 Å². The normalized spacial score (nSPS) is 17.7. The molecule has 0 saturated carbocycles. The van der Waals surface area contributed by atoms with E-state index in [0.717, 1.165) is 12.5 Å². The van der Waals surface area contributed by atoms with Crippen molar-refractivity contribution in [3.63, 3.8) is 0 Å². The van der Waals surface area contributed by atoms with E-state index in [9.17, 15) is 0 Å². The molecule has 120 valence electrons. The summed E-state index contributed by atoms with van der Waals surface area (Å²) in [6.45, 7) is 10.9. The van der Waals surface area contributed by atoms with Gasteiger partial charge in [0.05, 0.1) is 0 Å². The summed E-state index contributed by atoms with van der Waals surface area (Å²) in [4.78, 5) is 2.69. The highest BCUT2D eigenvalue weighted by Gasteiger charge is 2.17. The molecule has 20 heavy (non-hydrogen) atoms. The van der Waals surface area contributed by atoms with Crippen molar-refractivity contribution in [2.24, 2.45) is 5.92 Å². The molecule has 1 aliphatic rings. The maximum absolute atomic E-state index is 3.50. The summed E-state index contributed by atoms with van der Waals surface area (Å²) in [5.74, 6) is 0.935. The summed E-state index contributed by atoms with van der Waals surface area (Å²) in [5, 5.41) is 3.50. The number of nitrogens with one attached hydrogen (secondary N) is 1. The monoisotopic (exact) mass is 282 g/mol. The van der Waals surface area contributed by atoms with Gasteiger partial charge in [-0.3, -0.25) is 0 Å². The Hall–Kier alpha value is -0.0800. The summed E-state index contributed by atoms with van der Waals surface area (Å²) in [6, 6.07) is 0. The fourth-order valence-electron chi connectivity index (χ4n) is 3.23. The van der Waals surface area contributed by atoms with E-state index in [0.29, 0.717) is 0 Å². The van der Waals surface area contributed by atoms with Gasteiger partial charge in [0.1, 0.15) is 0 Å². The number of hydrogen-bond donors (Lipinski definition) is 1. The average molecular weight is 283 g/mol. The van der Waals surface area contributed by atoms with E-state index in [1.165, 1.54) is 90.4 Å². The lowest BCUT2D eigenvalue weighted by atomic mass is 9.96. The highest BCUT2D eigenvalue weighted by molar-refractivity contribution is 4.73. The number of nitrogens with zero attached hydrogens (tertiary/aromatic N) is 1. The minimum absolute atomic E-state index is 0.935. The SMILES string of the molecule is CCCCCCCCCCN1CCC(CNCC)CC1. The van der Waals surface area contributed by atoms with E-state index >= 15 is 0 Å². The zero-order valence-electron chi connectivity index (χ0n) is 14.1. The number of piperidine rings is 1. The van der Waals surface area contributed by atoms with Gasteiger partial charge >= 0.3 is 0 Å². The van der Waals surface area contributed by atoms with Gasteiger partial charge < -0.3 is 10.2 Å². The molecule has 0 aliphatic carbocycles. The van der Waals surface area contributed by atoms with Gasteiger partial charge in [-0.2, -0.15) is 0 Å². The number of likely N-dealkylation sites (tertiary alicyclic amines) is 1. The van der Waals surface area contributed by atoms with Crippen molar-refractivity contribution in [3.05, 3.63) is 0 Å². The Kier molecular flexibility index (Phi) is 11.4. The molecule has 2 heteroatoms. The Balaban J connectivity index is 1.86. The quantitative estimate of drug-likeness (QED) is 0.532. The topological polar surface area (TPSA) is 15.3 Å². The minimum atomic E-state index is 0.935. The van der Waals surface area contributed by atoms with Crippen LogP contribution in [-0.2, 0) is 0 Å². The molecule has 0 spiro atoms. The number of hydrogen-bond acceptors (Lipinski definition) is 2. The summed E-state index contributed by atoms with van der Waals surface area (Å²) in [5.41, 5.74) is 0. The van der Waals surface area contributed by atoms with Crippen molar-refractivity contribution < 1.29 is 0 Å². The Bertz CT molecular complexity index is 198. The number of unbranched alkanes of at least 4 members (excludes halogenated alkanes) is 7. The molecule has 1 N–H and O–H groups in total. The molecule has 0 amide bonds. The molecule has 0 aromatic rings. The first-order chi connectivity index (χ1) is 9.86. The van der Waals surface area contributed by atoms with Crippen LogP contribution in [0.3, 0.4) is 0 Å². The van der Waals surface area contributed by atoms with E-state index in [-0.39, 0.29) is 0 Å². The molecule has 0 bridgehead atoms. The largest absolute Gasteiger partial charge is 0.317 e. The third kappa shape index (κ3) is 8.97. The molecule has 2 nitrogen and oxygen atoms in total. The molecule has 0 atom stereocenters. The van der Waals surface area contributed by atoms with Crippen molar-refractivity contribution in [3.8, 4) is 0 Å². The first-order valence-electron chi connectivity index (χ1n) is 9.29. The van der Waals surface area contributed by atoms with Gasteiger partial charge in [-0.1, -0.05) is 58.8 Å². The highest BCUT2D eigenvalue weighted by atomic mass is 15.1.